The van der Waals surface area contributed by atoms with Crippen molar-refractivity contribution in [3.63, 3.8) is 0 Å². The minimum atomic E-state index is -1.20. The highest BCUT2D eigenvalue weighted by Gasteiger charge is 2.20. The summed E-state index contributed by atoms with van der Waals surface area (Å²) in [7, 11) is 0. The van der Waals surface area contributed by atoms with Crippen molar-refractivity contribution < 1.29 is 33.8 Å². The van der Waals surface area contributed by atoms with Crippen molar-refractivity contribution in [2.45, 2.75) is 70.9 Å². The van der Waals surface area contributed by atoms with E-state index in [0.29, 0.717) is 32.2 Å². The summed E-state index contributed by atoms with van der Waals surface area (Å²) in [6, 6.07) is -1.13. The number of amides is 4. The van der Waals surface area contributed by atoms with Crippen LogP contribution < -0.4 is 21.3 Å². The summed E-state index contributed by atoms with van der Waals surface area (Å²) in [5.41, 5.74) is -0.605. The molecule has 0 aromatic carbocycles. The Labute approximate surface area is 188 Å². The van der Waals surface area contributed by atoms with Crippen LogP contribution in [0.3, 0.4) is 0 Å². The normalized spacial score (nSPS) is 11.4. The van der Waals surface area contributed by atoms with Crippen LogP contribution in [0.5, 0.6) is 0 Å². The van der Waals surface area contributed by atoms with Crippen LogP contribution in [0.15, 0.2) is 0 Å². The summed E-state index contributed by atoms with van der Waals surface area (Å²) >= 11 is 0. The van der Waals surface area contributed by atoms with Crippen LogP contribution in [0.2, 0.25) is 0 Å². The molecular formula is C21H34N4O7. The third-order valence-electron chi connectivity index (χ3n) is 3.84. The molecule has 180 valence electrons. The van der Waals surface area contributed by atoms with Gasteiger partial charge in [-0.1, -0.05) is 0 Å². The maximum atomic E-state index is 11.9. The van der Waals surface area contributed by atoms with Crippen molar-refractivity contribution in [2.24, 2.45) is 0 Å². The number of nitrogens with one attached hydrogen (secondary N) is 4. The monoisotopic (exact) mass is 454 g/mol. The molecule has 0 unspecified atom stereocenters. The molecular weight excluding hydrogens is 420 g/mol. The first kappa shape index (κ1) is 28.7. The number of alkyl carbamates (subject to hydrolysis) is 1. The van der Waals surface area contributed by atoms with Crippen LogP contribution in [-0.4, -0.2) is 66.2 Å². The Morgan fingerprint density at radius 2 is 1.56 bits per heavy atom. The van der Waals surface area contributed by atoms with E-state index in [1.165, 1.54) is 0 Å². The number of carboxylic acids is 1. The summed E-state index contributed by atoms with van der Waals surface area (Å²) in [6.07, 6.45) is 6.79. The summed E-state index contributed by atoms with van der Waals surface area (Å²) < 4.78 is 5.09. The molecule has 0 radical (unpaired) electrons. The van der Waals surface area contributed by atoms with E-state index in [4.69, 9.17) is 11.2 Å². The largest absolute Gasteiger partial charge is 0.480 e. The summed E-state index contributed by atoms with van der Waals surface area (Å²) in [5, 5.41) is 18.9. The molecule has 0 aromatic rings. The highest BCUT2D eigenvalue weighted by Crippen LogP contribution is 2.06. The number of rotatable bonds is 14. The maximum absolute atomic E-state index is 11.9. The SMILES string of the molecule is C#CCCCC(=O)NCC(=O)NCC(=O)N[C@@H](CCCCNC(=O)OC(C)(C)C)C(=O)O. The fourth-order valence-electron chi connectivity index (χ4n) is 2.34. The molecule has 0 bridgehead atoms. The van der Waals surface area contributed by atoms with Gasteiger partial charge in [0.1, 0.15) is 11.6 Å². The third kappa shape index (κ3) is 16.5. The number of carbonyl (C=O) groups is 5. The van der Waals surface area contributed by atoms with Gasteiger partial charge in [0.2, 0.25) is 17.7 Å². The van der Waals surface area contributed by atoms with Crippen LogP contribution >= 0.6 is 0 Å². The molecule has 32 heavy (non-hydrogen) atoms. The van der Waals surface area contributed by atoms with Crippen molar-refractivity contribution in [3.8, 4) is 12.3 Å². The molecule has 1 atom stereocenters. The highest BCUT2D eigenvalue weighted by atomic mass is 16.6. The zero-order valence-electron chi connectivity index (χ0n) is 18.9. The molecule has 0 saturated carbocycles. The predicted molar refractivity (Wildman–Crippen MR) is 116 cm³/mol. The first-order valence-corrected chi connectivity index (χ1v) is 10.4. The molecule has 0 rings (SSSR count). The average Bonchev–Trinajstić information content (AvgIpc) is 2.68. The molecule has 0 spiro atoms. The number of terminal acetylenes is 1. The van der Waals surface area contributed by atoms with Gasteiger partial charge in [-0.15, -0.1) is 12.3 Å². The van der Waals surface area contributed by atoms with E-state index in [-0.39, 0.29) is 25.3 Å². The number of unbranched alkanes of at least 4 members (excludes halogenated alkanes) is 2. The third-order valence-corrected chi connectivity index (χ3v) is 3.84. The van der Waals surface area contributed by atoms with Crippen LogP contribution in [0.4, 0.5) is 4.79 Å². The van der Waals surface area contributed by atoms with Crippen LogP contribution in [0.1, 0.15) is 59.3 Å². The molecule has 0 aliphatic heterocycles. The zero-order valence-corrected chi connectivity index (χ0v) is 18.9. The van der Waals surface area contributed by atoms with Gasteiger partial charge in [0.25, 0.3) is 0 Å². The lowest BCUT2D eigenvalue weighted by atomic mass is 10.1. The van der Waals surface area contributed by atoms with Gasteiger partial charge in [0.05, 0.1) is 13.1 Å². The zero-order chi connectivity index (χ0) is 24.6. The lowest BCUT2D eigenvalue weighted by Gasteiger charge is -2.19. The topological polar surface area (TPSA) is 163 Å². The van der Waals surface area contributed by atoms with Gasteiger partial charge in [0.15, 0.2) is 0 Å². The smallest absolute Gasteiger partial charge is 0.407 e. The van der Waals surface area contributed by atoms with E-state index in [9.17, 15) is 29.1 Å². The fraction of sp³-hybridized carbons (Fsp3) is 0.667. The van der Waals surface area contributed by atoms with Gasteiger partial charge in [-0.25, -0.2) is 9.59 Å². The summed E-state index contributed by atoms with van der Waals surface area (Å²) in [4.78, 5) is 58.0. The molecule has 0 fully saturated rings. The number of carboxylic acid groups (broad SMARTS) is 1. The van der Waals surface area contributed by atoms with Gasteiger partial charge >= 0.3 is 12.1 Å². The van der Waals surface area contributed by atoms with E-state index < -0.39 is 42.1 Å². The quantitative estimate of drug-likeness (QED) is 0.186. The molecule has 5 N–H and O–H groups in total. The minimum Gasteiger partial charge on any atom is -0.480 e. The first-order valence-electron chi connectivity index (χ1n) is 10.4. The molecule has 11 heteroatoms. The minimum absolute atomic E-state index is 0.152. The Hall–Kier alpha value is -3.29. The Morgan fingerprint density at radius 1 is 0.938 bits per heavy atom. The predicted octanol–water partition coefficient (Wildman–Crippen LogP) is 0.287. The highest BCUT2D eigenvalue weighted by molar-refractivity contribution is 5.89. The molecule has 4 amide bonds. The maximum Gasteiger partial charge on any atom is 0.407 e. The number of carbonyl (C=O) groups excluding carboxylic acids is 4. The molecule has 0 heterocycles. The second-order valence-corrected chi connectivity index (χ2v) is 7.99. The van der Waals surface area contributed by atoms with E-state index in [1.54, 1.807) is 20.8 Å². The van der Waals surface area contributed by atoms with Gasteiger partial charge in [-0.05, 0) is 46.5 Å². The molecule has 0 saturated heterocycles. The fourth-order valence-corrected chi connectivity index (χ4v) is 2.34. The molecule has 0 aliphatic carbocycles. The molecule has 0 aromatic heterocycles. The van der Waals surface area contributed by atoms with E-state index in [2.05, 4.69) is 27.2 Å². The Morgan fingerprint density at radius 3 is 2.16 bits per heavy atom. The van der Waals surface area contributed by atoms with Crippen LogP contribution in [0.25, 0.3) is 0 Å². The summed E-state index contributed by atoms with van der Waals surface area (Å²) in [5.74, 6) is -0.371. The standard InChI is InChI=1S/C21H34N4O7/c1-5-6-7-11-16(26)23-13-17(27)24-14-18(28)25-15(19(29)30)10-8-9-12-22-20(31)32-21(2,3)4/h1,15H,6-14H2,2-4H3,(H,22,31)(H,23,26)(H,24,27)(H,25,28)(H,29,30)/t15-/m0/s1. The Balaban J connectivity index is 4.11. The number of hydrogen-bond acceptors (Lipinski definition) is 6. The number of ether oxygens (including phenoxy) is 1. The lowest BCUT2D eigenvalue weighted by molar-refractivity contribution is -0.142. The van der Waals surface area contributed by atoms with Gasteiger partial charge in [-0.3, -0.25) is 14.4 Å². The molecule has 0 aliphatic rings. The van der Waals surface area contributed by atoms with Crippen molar-refractivity contribution >= 4 is 29.8 Å². The molecule has 11 nitrogen and oxygen atoms in total. The Kier molecular flexibility index (Phi) is 13.9. The van der Waals surface area contributed by atoms with E-state index in [0.717, 1.165) is 0 Å². The van der Waals surface area contributed by atoms with Crippen LogP contribution in [0, 0.1) is 12.3 Å². The summed E-state index contributed by atoms with van der Waals surface area (Å²) in [6.45, 7) is 4.82. The van der Waals surface area contributed by atoms with Crippen LogP contribution in [-0.2, 0) is 23.9 Å². The first-order chi connectivity index (χ1) is 14.9. The van der Waals surface area contributed by atoms with E-state index >= 15 is 0 Å². The average molecular weight is 455 g/mol. The van der Waals surface area contributed by atoms with Gasteiger partial charge in [-0.2, -0.15) is 0 Å². The number of hydrogen-bond donors (Lipinski definition) is 5. The second kappa shape index (κ2) is 15.5. The van der Waals surface area contributed by atoms with Crippen molar-refractivity contribution in [2.75, 3.05) is 19.6 Å². The van der Waals surface area contributed by atoms with E-state index in [1.807, 2.05) is 0 Å². The van der Waals surface area contributed by atoms with Gasteiger partial charge in [0, 0.05) is 19.4 Å². The second-order valence-electron chi connectivity index (χ2n) is 7.99. The number of aliphatic carboxylic acids is 1. The van der Waals surface area contributed by atoms with Gasteiger partial charge < -0.3 is 31.1 Å². The Bertz CT molecular complexity index is 695. The lowest BCUT2D eigenvalue weighted by Crippen LogP contribution is -2.47. The van der Waals surface area contributed by atoms with Crippen molar-refractivity contribution in [1.29, 1.82) is 0 Å². The van der Waals surface area contributed by atoms with Crippen molar-refractivity contribution in [3.05, 3.63) is 0 Å². The van der Waals surface area contributed by atoms with Crippen molar-refractivity contribution in [1.82, 2.24) is 21.3 Å².